The quantitative estimate of drug-likeness (QED) is 0.0145. The van der Waals surface area contributed by atoms with Crippen LogP contribution in [0.5, 0.6) is 0 Å². The lowest BCUT2D eigenvalue weighted by Gasteiger charge is -2.29. The standard InChI is InChI=1S/C57H91ClN12O24/c1-5-7-8-9-10-11-12-13-14-17-31(72)24-40(74)62-37-27-91-55(88)43(38(73)26-58)69-46(78)32(6-2)63-52(84)42(29(3)71)68-49(81)35(20-23-61-56(89)92-28-39-30(4)93-57(90)94-39)66-53(85)44(45(77)54(86)87)70-48(80)33(18-15-16-21-59)64-50(82)36(25-41(75)76)67-47(79)34(19-22-60)65-51(37)83/h6,29,31,33-38,42-45,71-73,77H,5,7-28,59-60H2,1-4H3,(H,61,89)(H,62,74)(H,63,84)(H,64,82)(H,65,83)(H,66,85)(H,67,79)(H,68,81)(H,69,78)(H,70,80)(H,75,76)(H,86,87)/b32-6+/t29-,31+,33?,34?,35-,36-,37?,38+,42?,43?,44?,45-/m0/s1. The number of carboxylic acids is 2. The Hall–Kier alpha value is -8.29. The summed E-state index contributed by atoms with van der Waals surface area (Å²) in [6.07, 6.45) is -2.80. The second-order valence-electron chi connectivity index (χ2n) is 22.0. The number of nitrogens with two attached hydrogens (primary N) is 2. The Balaban J connectivity index is 2.80. The lowest BCUT2D eigenvalue weighted by atomic mass is 10.0. The molecule has 0 aliphatic carbocycles. The normalized spacial score (nSPS) is 22.9. The number of carboxylic acid groups (broad SMARTS) is 2. The molecule has 2 heterocycles. The Morgan fingerprint density at radius 1 is 0.670 bits per heavy atom. The Morgan fingerprint density at radius 3 is 1.80 bits per heavy atom. The van der Waals surface area contributed by atoms with Crippen LogP contribution in [0.3, 0.4) is 0 Å². The van der Waals surface area contributed by atoms with Gasteiger partial charge in [-0.15, -0.1) is 11.6 Å². The van der Waals surface area contributed by atoms with E-state index in [0.29, 0.717) is 6.42 Å². The van der Waals surface area contributed by atoms with Crippen molar-refractivity contribution in [2.24, 2.45) is 11.5 Å². The number of hydrogen-bond acceptors (Lipinski definition) is 24. The van der Waals surface area contributed by atoms with Crippen molar-refractivity contribution in [3.63, 3.8) is 0 Å². The molecule has 36 nitrogen and oxygen atoms in total. The number of aliphatic hydroxyl groups is 4. The molecule has 1 aliphatic rings. The third kappa shape index (κ3) is 29.8. The summed E-state index contributed by atoms with van der Waals surface area (Å²) in [5.74, 6) is -19.9. The van der Waals surface area contributed by atoms with E-state index in [4.69, 9.17) is 41.4 Å². The predicted molar refractivity (Wildman–Crippen MR) is 326 cm³/mol. The third-order valence-electron chi connectivity index (χ3n) is 14.4. The van der Waals surface area contributed by atoms with Crippen LogP contribution in [0.1, 0.15) is 141 Å². The van der Waals surface area contributed by atoms with Crippen LogP contribution in [-0.2, 0) is 73.6 Å². The molecule has 530 valence electrons. The van der Waals surface area contributed by atoms with Crippen LogP contribution in [-0.4, -0.2) is 213 Å². The Labute approximate surface area is 545 Å². The molecule has 1 aliphatic heterocycles. The smallest absolute Gasteiger partial charge is 0.481 e. The topological polar surface area (TPSA) is 577 Å². The van der Waals surface area contributed by atoms with Gasteiger partial charge in [0.15, 0.2) is 30.3 Å². The fourth-order valence-corrected chi connectivity index (χ4v) is 9.25. The van der Waals surface area contributed by atoms with Gasteiger partial charge in [-0.05, 0) is 72.4 Å². The van der Waals surface area contributed by atoms with Crippen molar-refractivity contribution in [2.45, 2.75) is 216 Å². The number of rotatable bonds is 31. The summed E-state index contributed by atoms with van der Waals surface area (Å²) in [7, 11) is 0. The number of hydrogen-bond donors (Lipinski definition) is 18. The number of ether oxygens (including phenoxy) is 2. The van der Waals surface area contributed by atoms with Crippen LogP contribution in [0.4, 0.5) is 4.79 Å². The summed E-state index contributed by atoms with van der Waals surface area (Å²) < 4.78 is 19.8. The first-order valence-corrected chi connectivity index (χ1v) is 31.2. The van der Waals surface area contributed by atoms with Gasteiger partial charge in [-0.3, -0.25) is 47.9 Å². The first kappa shape index (κ1) is 81.8. The maximum Gasteiger partial charge on any atom is 0.519 e. The van der Waals surface area contributed by atoms with Crippen molar-refractivity contribution in [1.82, 2.24) is 53.2 Å². The minimum absolute atomic E-state index is 0.00450. The van der Waals surface area contributed by atoms with Crippen molar-refractivity contribution < 1.29 is 111 Å². The van der Waals surface area contributed by atoms with Gasteiger partial charge in [0.2, 0.25) is 47.3 Å². The van der Waals surface area contributed by atoms with Crippen LogP contribution in [0.25, 0.3) is 0 Å². The minimum Gasteiger partial charge on any atom is -0.481 e. The van der Waals surface area contributed by atoms with Crippen molar-refractivity contribution >= 4 is 88.8 Å². The molecular weight excluding hydrogens is 1270 g/mol. The predicted octanol–water partition coefficient (Wildman–Crippen LogP) is -4.34. The highest BCUT2D eigenvalue weighted by molar-refractivity contribution is 6.18. The van der Waals surface area contributed by atoms with E-state index in [2.05, 4.69) is 54.8 Å². The average molecular weight is 1360 g/mol. The number of aliphatic carboxylic acids is 2. The Kier molecular flexibility index (Phi) is 37.9. The second kappa shape index (κ2) is 43.6. The number of aryl methyl sites for hydroxylation is 1. The maximum absolute atomic E-state index is 14.2. The highest BCUT2D eigenvalue weighted by atomic mass is 35.5. The lowest BCUT2D eigenvalue weighted by Crippen LogP contribution is -2.63. The molecule has 0 saturated carbocycles. The SMILES string of the molecule is C/C=C1/NC(=O)C([C@H](C)O)NC(=O)[C@H](CCNC(=O)OCc2oc(=O)oc2C)NC(=O)C([C@H](O)C(=O)O)NC(=O)C(CCCCN)NC(=O)[C@H](CC(=O)O)NC(=O)C(CCN)NC(=O)C(NC(=O)C[C@H](O)CCCCCCCCCCC)COC(=O)C([C@H](O)CCl)NC1=O. The number of alkyl halides is 1. The fraction of sp³-hybridized carbons (Fsp3) is 0.684. The summed E-state index contributed by atoms with van der Waals surface area (Å²) in [6, 6.07) is -16.8. The average Bonchev–Trinajstić information content (AvgIpc) is 1.15. The largest absolute Gasteiger partial charge is 0.519 e. The molecule has 0 spiro atoms. The molecule has 6 unspecified atom stereocenters. The molecule has 2 rings (SSSR count). The number of halogens is 1. The van der Waals surface area contributed by atoms with E-state index in [1.807, 2.05) is 5.32 Å². The van der Waals surface area contributed by atoms with Gasteiger partial charge in [0, 0.05) is 6.54 Å². The van der Waals surface area contributed by atoms with Gasteiger partial charge in [-0.1, -0.05) is 70.8 Å². The molecule has 0 aromatic carbocycles. The molecule has 0 radical (unpaired) electrons. The number of carbonyl (C=O) groups is 13. The van der Waals surface area contributed by atoms with Crippen LogP contribution >= 0.6 is 11.6 Å². The number of allylic oxidation sites excluding steroid dienone is 1. The number of esters is 1. The molecule has 10 amide bonds. The van der Waals surface area contributed by atoms with E-state index in [1.54, 1.807) is 0 Å². The highest BCUT2D eigenvalue weighted by Crippen LogP contribution is 2.15. The van der Waals surface area contributed by atoms with Crippen molar-refractivity contribution in [2.75, 3.05) is 32.1 Å². The zero-order chi connectivity index (χ0) is 70.6. The molecule has 1 saturated heterocycles. The number of amides is 10. The van der Waals surface area contributed by atoms with E-state index in [0.717, 1.165) is 64.4 Å². The van der Waals surface area contributed by atoms with E-state index in [-0.39, 0.29) is 37.3 Å². The van der Waals surface area contributed by atoms with Crippen LogP contribution < -0.4 is 70.5 Å². The highest BCUT2D eigenvalue weighted by Gasteiger charge is 2.41. The zero-order valence-corrected chi connectivity index (χ0v) is 53.6. The molecule has 12 atom stereocenters. The van der Waals surface area contributed by atoms with Gasteiger partial charge >= 0.3 is 29.8 Å². The van der Waals surface area contributed by atoms with Gasteiger partial charge in [-0.2, -0.15) is 0 Å². The molecule has 20 N–H and O–H groups in total. The van der Waals surface area contributed by atoms with Crippen molar-refractivity contribution in [3.05, 3.63) is 33.9 Å². The van der Waals surface area contributed by atoms with Gasteiger partial charge in [0.1, 0.15) is 54.6 Å². The van der Waals surface area contributed by atoms with Gasteiger partial charge in [0.25, 0.3) is 5.91 Å². The summed E-state index contributed by atoms with van der Waals surface area (Å²) in [5.41, 5.74) is 10.7. The van der Waals surface area contributed by atoms with Gasteiger partial charge in [0.05, 0.1) is 37.0 Å². The first-order valence-electron chi connectivity index (χ1n) is 30.7. The van der Waals surface area contributed by atoms with E-state index < -0.39 is 226 Å². The summed E-state index contributed by atoms with van der Waals surface area (Å²) in [6.45, 7) is 2.75. The molecule has 0 bridgehead atoms. The van der Waals surface area contributed by atoms with Crippen LogP contribution in [0.2, 0.25) is 0 Å². The van der Waals surface area contributed by atoms with E-state index >= 15 is 0 Å². The number of cyclic esters (lactones) is 1. The molecule has 37 heteroatoms. The van der Waals surface area contributed by atoms with Crippen molar-refractivity contribution in [3.8, 4) is 0 Å². The number of aliphatic hydroxyl groups excluding tert-OH is 4. The fourth-order valence-electron chi connectivity index (χ4n) is 9.07. The molecule has 94 heavy (non-hydrogen) atoms. The van der Waals surface area contributed by atoms with Crippen LogP contribution in [0, 0.1) is 6.92 Å². The molecule has 1 aromatic rings. The lowest BCUT2D eigenvalue weighted by molar-refractivity contribution is -0.153. The van der Waals surface area contributed by atoms with Crippen molar-refractivity contribution in [1.29, 1.82) is 0 Å². The summed E-state index contributed by atoms with van der Waals surface area (Å²) in [4.78, 5) is 189. The third-order valence-corrected chi connectivity index (χ3v) is 14.7. The molecule has 1 fully saturated rings. The molecule has 1 aromatic heterocycles. The second-order valence-corrected chi connectivity index (χ2v) is 22.3. The summed E-state index contributed by atoms with van der Waals surface area (Å²) in [5, 5.41) is 85.0. The van der Waals surface area contributed by atoms with Gasteiger partial charge < -0.3 is 114 Å². The Bertz CT molecular complexity index is 2800. The monoisotopic (exact) mass is 1360 g/mol. The van der Waals surface area contributed by atoms with E-state index in [1.165, 1.54) is 13.8 Å². The van der Waals surface area contributed by atoms with Gasteiger partial charge in [-0.25, -0.2) is 19.2 Å². The van der Waals surface area contributed by atoms with E-state index in [9.17, 15) is 97.8 Å². The first-order chi connectivity index (χ1) is 44.5. The number of unbranched alkanes of at least 4 members (excludes halogenated alkanes) is 9. The number of carbonyl (C=O) groups excluding carboxylic acids is 11. The van der Waals surface area contributed by atoms with Crippen LogP contribution in [0.15, 0.2) is 25.4 Å². The molecular formula is C57H91ClN12O24. The minimum atomic E-state index is -2.89. The Morgan fingerprint density at radius 2 is 1.23 bits per heavy atom. The summed E-state index contributed by atoms with van der Waals surface area (Å²) >= 11 is 5.92. The number of alkyl carbamates (subject to hydrolysis) is 1. The maximum atomic E-state index is 14.2. The number of nitrogens with one attached hydrogen (secondary N) is 10. The zero-order valence-electron chi connectivity index (χ0n) is 52.8.